The number of nitrogens with zero attached hydrogens (tertiary/aromatic N) is 2. The highest BCUT2D eigenvalue weighted by Gasteiger charge is 2.13. The lowest BCUT2D eigenvalue weighted by atomic mass is 9.96. The number of oxazole rings is 1. The fourth-order valence-electron chi connectivity index (χ4n) is 2.17. The molecule has 3 rings (SSSR count). The van der Waals surface area contributed by atoms with Crippen LogP contribution < -0.4 is 0 Å². The van der Waals surface area contributed by atoms with E-state index in [-0.39, 0.29) is 0 Å². The average Bonchev–Trinajstić information content (AvgIpc) is 2.75. The zero-order valence-electron chi connectivity index (χ0n) is 9.36. The molecule has 0 N–H and O–H groups in total. The Bertz CT molecular complexity index is 516. The number of aromatic nitrogens is 2. The molecule has 0 aliphatic heterocycles. The summed E-state index contributed by atoms with van der Waals surface area (Å²) in [5, 5.41) is 0. The van der Waals surface area contributed by atoms with E-state index in [1.807, 2.05) is 13.0 Å². The first-order chi connectivity index (χ1) is 7.83. The van der Waals surface area contributed by atoms with Crippen LogP contribution in [0.2, 0.25) is 0 Å². The first kappa shape index (κ1) is 9.58. The first-order valence-corrected chi connectivity index (χ1v) is 5.74. The van der Waals surface area contributed by atoms with Gasteiger partial charge in [0.25, 0.3) is 0 Å². The third kappa shape index (κ3) is 1.62. The molecule has 0 radical (unpaired) electrons. The molecule has 2 aromatic heterocycles. The Morgan fingerprint density at radius 3 is 2.81 bits per heavy atom. The summed E-state index contributed by atoms with van der Waals surface area (Å²) >= 11 is 0. The number of hydrogen-bond acceptors (Lipinski definition) is 3. The van der Waals surface area contributed by atoms with Crippen molar-refractivity contribution < 1.29 is 4.42 Å². The van der Waals surface area contributed by atoms with E-state index in [0.717, 1.165) is 24.2 Å². The molecule has 0 spiro atoms. The van der Waals surface area contributed by atoms with Gasteiger partial charge < -0.3 is 4.42 Å². The SMILES string of the molecule is Cc1coc(-c2ccc3c(n2)CCCC3)n1. The van der Waals surface area contributed by atoms with Gasteiger partial charge in [-0.05, 0) is 44.2 Å². The van der Waals surface area contributed by atoms with E-state index >= 15 is 0 Å². The molecule has 0 aromatic carbocycles. The van der Waals surface area contributed by atoms with Crippen molar-refractivity contribution in [3.8, 4) is 11.6 Å². The second-order valence-corrected chi connectivity index (χ2v) is 4.30. The van der Waals surface area contributed by atoms with Crippen LogP contribution >= 0.6 is 0 Å². The lowest BCUT2D eigenvalue weighted by Gasteiger charge is -2.14. The van der Waals surface area contributed by atoms with Gasteiger partial charge >= 0.3 is 0 Å². The third-order valence-electron chi connectivity index (χ3n) is 3.02. The fraction of sp³-hybridized carbons (Fsp3) is 0.385. The van der Waals surface area contributed by atoms with Crippen molar-refractivity contribution in [3.05, 3.63) is 35.3 Å². The number of fused-ring (bicyclic) bond motifs is 1. The highest BCUT2D eigenvalue weighted by Crippen LogP contribution is 2.23. The molecule has 0 amide bonds. The van der Waals surface area contributed by atoms with Crippen LogP contribution in [0.3, 0.4) is 0 Å². The van der Waals surface area contributed by atoms with Crippen molar-refractivity contribution >= 4 is 0 Å². The Hall–Kier alpha value is -1.64. The van der Waals surface area contributed by atoms with Crippen LogP contribution in [-0.4, -0.2) is 9.97 Å². The summed E-state index contributed by atoms with van der Waals surface area (Å²) in [6.07, 6.45) is 6.44. The standard InChI is InChI=1S/C13H14N2O/c1-9-8-16-13(14-9)12-7-6-10-4-2-3-5-11(10)15-12/h6-8H,2-5H2,1H3. The van der Waals surface area contributed by atoms with Crippen LogP contribution in [-0.2, 0) is 12.8 Å². The maximum Gasteiger partial charge on any atom is 0.245 e. The fourth-order valence-corrected chi connectivity index (χ4v) is 2.17. The van der Waals surface area contributed by atoms with Crippen molar-refractivity contribution in [1.82, 2.24) is 9.97 Å². The summed E-state index contributed by atoms with van der Waals surface area (Å²) in [7, 11) is 0. The van der Waals surface area contributed by atoms with Gasteiger partial charge in [0.1, 0.15) is 12.0 Å². The predicted octanol–water partition coefficient (Wildman–Crippen LogP) is 2.92. The van der Waals surface area contributed by atoms with Crippen molar-refractivity contribution in [2.24, 2.45) is 0 Å². The summed E-state index contributed by atoms with van der Waals surface area (Å²) in [6.45, 7) is 1.92. The zero-order valence-corrected chi connectivity index (χ0v) is 9.36. The Labute approximate surface area is 94.5 Å². The molecule has 0 fully saturated rings. The van der Waals surface area contributed by atoms with Crippen molar-refractivity contribution in [3.63, 3.8) is 0 Å². The average molecular weight is 214 g/mol. The quantitative estimate of drug-likeness (QED) is 0.732. The molecule has 2 aromatic rings. The second-order valence-electron chi connectivity index (χ2n) is 4.30. The molecule has 0 saturated heterocycles. The van der Waals surface area contributed by atoms with Gasteiger partial charge in [-0.3, -0.25) is 0 Å². The number of aryl methyl sites for hydroxylation is 3. The molecular formula is C13H14N2O. The third-order valence-corrected chi connectivity index (χ3v) is 3.02. The highest BCUT2D eigenvalue weighted by molar-refractivity contribution is 5.48. The minimum absolute atomic E-state index is 0.630. The Balaban J connectivity index is 2.02. The summed E-state index contributed by atoms with van der Waals surface area (Å²) < 4.78 is 5.37. The summed E-state index contributed by atoms with van der Waals surface area (Å²) in [4.78, 5) is 8.94. The molecule has 3 heteroatoms. The van der Waals surface area contributed by atoms with Crippen LogP contribution in [0.1, 0.15) is 29.8 Å². The molecule has 1 aliphatic carbocycles. The molecule has 82 valence electrons. The lowest BCUT2D eigenvalue weighted by Crippen LogP contribution is -2.05. The van der Waals surface area contributed by atoms with Gasteiger partial charge in [0.2, 0.25) is 5.89 Å². The van der Waals surface area contributed by atoms with E-state index in [2.05, 4.69) is 16.0 Å². The summed E-state index contributed by atoms with van der Waals surface area (Å²) in [5.41, 5.74) is 4.36. The second kappa shape index (κ2) is 3.74. The molecule has 16 heavy (non-hydrogen) atoms. The van der Waals surface area contributed by atoms with Crippen LogP contribution in [0.4, 0.5) is 0 Å². The highest BCUT2D eigenvalue weighted by atomic mass is 16.3. The van der Waals surface area contributed by atoms with Crippen LogP contribution in [0, 0.1) is 6.92 Å². The lowest BCUT2D eigenvalue weighted by molar-refractivity contribution is 0.569. The maximum absolute atomic E-state index is 5.37. The predicted molar refractivity (Wildman–Crippen MR) is 61.1 cm³/mol. The summed E-state index contributed by atoms with van der Waals surface area (Å²) in [6, 6.07) is 4.17. The number of pyridine rings is 1. The normalized spacial score (nSPS) is 14.8. The van der Waals surface area contributed by atoms with Crippen molar-refractivity contribution in [1.29, 1.82) is 0 Å². The van der Waals surface area contributed by atoms with E-state index in [1.54, 1.807) is 6.26 Å². The number of rotatable bonds is 1. The molecule has 3 nitrogen and oxygen atoms in total. The van der Waals surface area contributed by atoms with Crippen LogP contribution in [0.25, 0.3) is 11.6 Å². The van der Waals surface area contributed by atoms with Gasteiger partial charge in [0, 0.05) is 5.69 Å². The topological polar surface area (TPSA) is 38.9 Å². The Morgan fingerprint density at radius 2 is 2.00 bits per heavy atom. The van der Waals surface area contributed by atoms with Gasteiger partial charge in [-0.15, -0.1) is 0 Å². The molecule has 0 bridgehead atoms. The molecule has 1 aliphatic rings. The van der Waals surface area contributed by atoms with E-state index < -0.39 is 0 Å². The first-order valence-electron chi connectivity index (χ1n) is 5.74. The monoisotopic (exact) mass is 214 g/mol. The van der Waals surface area contributed by atoms with Crippen LogP contribution in [0.5, 0.6) is 0 Å². The van der Waals surface area contributed by atoms with E-state index in [0.29, 0.717) is 5.89 Å². The molecule has 0 atom stereocenters. The van der Waals surface area contributed by atoms with Gasteiger partial charge in [0.05, 0.1) is 5.69 Å². The smallest absolute Gasteiger partial charge is 0.245 e. The number of hydrogen-bond donors (Lipinski definition) is 0. The summed E-state index contributed by atoms with van der Waals surface area (Å²) in [5.74, 6) is 0.630. The minimum Gasteiger partial charge on any atom is -0.443 e. The largest absolute Gasteiger partial charge is 0.443 e. The molecule has 0 unspecified atom stereocenters. The van der Waals surface area contributed by atoms with Crippen molar-refractivity contribution in [2.75, 3.05) is 0 Å². The molecule has 0 saturated carbocycles. The van der Waals surface area contributed by atoms with E-state index in [9.17, 15) is 0 Å². The van der Waals surface area contributed by atoms with Crippen molar-refractivity contribution in [2.45, 2.75) is 32.6 Å². The van der Waals surface area contributed by atoms with Crippen LogP contribution in [0.15, 0.2) is 22.8 Å². The maximum atomic E-state index is 5.37. The Kier molecular flexibility index (Phi) is 2.24. The molecule has 2 heterocycles. The van der Waals surface area contributed by atoms with Gasteiger partial charge in [-0.1, -0.05) is 6.07 Å². The van der Waals surface area contributed by atoms with E-state index in [1.165, 1.54) is 24.1 Å². The van der Waals surface area contributed by atoms with E-state index in [4.69, 9.17) is 4.42 Å². The van der Waals surface area contributed by atoms with Gasteiger partial charge in [0.15, 0.2) is 0 Å². The Morgan fingerprint density at radius 1 is 1.12 bits per heavy atom. The molecular weight excluding hydrogens is 200 g/mol. The van der Waals surface area contributed by atoms with Gasteiger partial charge in [-0.2, -0.15) is 0 Å². The van der Waals surface area contributed by atoms with Gasteiger partial charge in [-0.25, -0.2) is 9.97 Å². The minimum atomic E-state index is 0.630. The zero-order chi connectivity index (χ0) is 11.0.